The molecule has 0 spiro atoms. The Labute approximate surface area is 133 Å². The summed E-state index contributed by atoms with van der Waals surface area (Å²) < 4.78 is 0. The molecule has 0 saturated carbocycles. The lowest BCUT2D eigenvalue weighted by Gasteiger charge is -2.29. The Morgan fingerprint density at radius 2 is 2.00 bits per heavy atom. The first-order valence-corrected chi connectivity index (χ1v) is 7.47. The van der Waals surface area contributed by atoms with E-state index < -0.39 is 0 Å². The number of rotatable bonds is 2. The van der Waals surface area contributed by atoms with Gasteiger partial charge in [0.15, 0.2) is 0 Å². The summed E-state index contributed by atoms with van der Waals surface area (Å²) in [6.07, 6.45) is 0.792. The predicted molar refractivity (Wildman–Crippen MR) is 83.2 cm³/mol. The molecule has 5 heteroatoms. The number of benzene rings is 1. The Bertz CT molecular complexity index is 708. The second-order valence-electron chi connectivity index (χ2n) is 5.07. The fraction of sp³-hybridized carbons (Fsp3) is 0.250. The van der Waals surface area contributed by atoms with Gasteiger partial charge in [0, 0.05) is 19.6 Å². The second kappa shape index (κ2) is 6.03. The Balaban J connectivity index is 1.85. The molecule has 0 saturated heterocycles. The summed E-state index contributed by atoms with van der Waals surface area (Å²) in [7, 11) is 0. The van der Waals surface area contributed by atoms with Crippen molar-refractivity contribution in [3.8, 4) is 6.07 Å². The normalized spacial score (nSPS) is 14.5. The van der Waals surface area contributed by atoms with E-state index in [0.29, 0.717) is 11.6 Å². The largest absolute Gasteiger partial charge is 0.293 e. The Kier molecular flexibility index (Phi) is 4.12. The molecule has 0 bridgehead atoms. The van der Waals surface area contributed by atoms with E-state index in [1.165, 1.54) is 5.56 Å². The Hall–Kier alpha value is -1.60. The van der Waals surface area contributed by atoms with Crippen LogP contribution in [0.1, 0.15) is 22.4 Å². The third kappa shape index (κ3) is 2.89. The molecule has 3 nitrogen and oxygen atoms in total. The minimum Gasteiger partial charge on any atom is -0.293 e. The van der Waals surface area contributed by atoms with Crippen molar-refractivity contribution in [1.29, 1.82) is 5.26 Å². The van der Waals surface area contributed by atoms with Crippen LogP contribution in [-0.2, 0) is 19.5 Å². The molecule has 1 aromatic heterocycles. The van der Waals surface area contributed by atoms with Gasteiger partial charge >= 0.3 is 0 Å². The van der Waals surface area contributed by atoms with Crippen LogP contribution in [0.5, 0.6) is 0 Å². The van der Waals surface area contributed by atoms with Crippen molar-refractivity contribution in [3.63, 3.8) is 0 Å². The van der Waals surface area contributed by atoms with Crippen LogP contribution in [0.3, 0.4) is 0 Å². The molecule has 2 aromatic rings. The molecule has 3 rings (SSSR count). The van der Waals surface area contributed by atoms with Gasteiger partial charge in [0.2, 0.25) is 0 Å². The maximum absolute atomic E-state index is 9.08. The zero-order chi connectivity index (χ0) is 14.8. The molecule has 1 aliphatic heterocycles. The monoisotopic (exact) mass is 317 g/mol. The highest BCUT2D eigenvalue weighted by molar-refractivity contribution is 6.36. The smallest absolute Gasteiger partial charge is 0.148 e. The average Bonchev–Trinajstić information content (AvgIpc) is 2.48. The van der Waals surface area contributed by atoms with Crippen LogP contribution in [0.4, 0.5) is 0 Å². The van der Waals surface area contributed by atoms with Gasteiger partial charge in [-0.1, -0.05) is 53.5 Å². The Morgan fingerprint density at radius 1 is 1.24 bits per heavy atom. The summed E-state index contributed by atoms with van der Waals surface area (Å²) in [5.41, 5.74) is 3.40. The Morgan fingerprint density at radius 3 is 2.71 bits per heavy atom. The molecule has 0 atom stereocenters. The van der Waals surface area contributed by atoms with Gasteiger partial charge in [-0.3, -0.25) is 4.90 Å². The third-order valence-electron chi connectivity index (χ3n) is 3.68. The van der Waals surface area contributed by atoms with Gasteiger partial charge in [0.05, 0.1) is 10.7 Å². The van der Waals surface area contributed by atoms with E-state index in [1.54, 1.807) is 0 Å². The molecule has 0 amide bonds. The lowest BCUT2D eigenvalue weighted by Crippen LogP contribution is -2.31. The SMILES string of the molecule is N#Cc1c(Cl)nc2c(c1Cl)CCN(Cc1ccccc1)C2. The van der Waals surface area contributed by atoms with Gasteiger partial charge in [0.1, 0.15) is 16.8 Å². The second-order valence-corrected chi connectivity index (χ2v) is 5.81. The zero-order valence-corrected chi connectivity index (χ0v) is 12.8. The molecule has 1 aromatic carbocycles. The van der Waals surface area contributed by atoms with E-state index in [0.717, 1.165) is 30.8 Å². The first-order chi connectivity index (χ1) is 10.2. The molecule has 0 aliphatic carbocycles. The fourth-order valence-corrected chi connectivity index (χ4v) is 3.25. The van der Waals surface area contributed by atoms with E-state index in [4.69, 9.17) is 28.5 Å². The van der Waals surface area contributed by atoms with Crippen LogP contribution in [0.25, 0.3) is 0 Å². The lowest BCUT2D eigenvalue weighted by molar-refractivity contribution is 0.241. The number of nitrogens with zero attached hydrogens (tertiary/aromatic N) is 3. The van der Waals surface area contributed by atoms with E-state index in [1.807, 2.05) is 24.3 Å². The van der Waals surface area contributed by atoms with E-state index in [-0.39, 0.29) is 10.7 Å². The maximum atomic E-state index is 9.08. The molecule has 0 fully saturated rings. The minimum atomic E-state index is 0.197. The maximum Gasteiger partial charge on any atom is 0.148 e. The molecular formula is C16H13Cl2N3. The van der Waals surface area contributed by atoms with E-state index in [9.17, 15) is 0 Å². The summed E-state index contributed by atoms with van der Waals surface area (Å²) in [6.45, 7) is 2.47. The van der Waals surface area contributed by atoms with Gasteiger partial charge in [0.25, 0.3) is 0 Å². The van der Waals surface area contributed by atoms with Crippen LogP contribution >= 0.6 is 23.2 Å². The standard InChI is InChI=1S/C16H13Cl2N3/c17-15-12-6-7-21(9-11-4-2-1-3-5-11)10-14(12)20-16(18)13(15)8-19/h1-5H,6-7,9-10H2. The van der Waals surface area contributed by atoms with Gasteiger partial charge in [-0.05, 0) is 17.5 Å². The van der Waals surface area contributed by atoms with Crippen LogP contribution in [0.2, 0.25) is 10.2 Å². The summed E-state index contributed by atoms with van der Waals surface area (Å²) >= 11 is 12.3. The van der Waals surface area contributed by atoms with Crippen LogP contribution in [0.15, 0.2) is 30.3 Å². The highest BCUT2D eigenvalue weighted by atomic mass is 35.5. The summed E-state index contributed by atoms with van der Waals surface area (Å²) in [5, 5.41) is 9.74. The number of aromatic nitrogens is 1. The number of nitriles is 1. The summed E-state index contributed by atoms with van der Waals surface area (Å²) in [5.74, 6) is 0. The minimum absolute atomic E-state index is 0.197. The number of pyridine rings is 1. The average molecular weight is 318 g/mol. The number of fused-ring (bicyclic) bond motifs is 1. The highest BCUT2D eigenvalue weighted by Gasteiger charge is 2.23. The van der Waals surface area contributed by atoms with Crippen molar-refractivity contribution in [2.45, 2.75) is 19.5 Å². The van der Waals surface area contributed by atoms with Crippen molar-refractivity contribution in [1.82, 2.24) is 9.88 Å². The molecule has 0 unspecified atom stereocenters. The summed E-state index contributed by atoms with van der Waals surface area (Å²) in [6, 6.07) is 12.3. The molecule has 1 aliphatic rings. The van der Waals surface area contributed by atoms with Gasteiger partial charge in [-0.25, -0.2) is 4.98 Å². The van der Waals surface area contributed by atoms with Crippen molar-refractivity contribution >= 4 is 23.2 Å². The summed E-state index contributed by atoms with van der Waals surface area (Å²) in [4.78, 5) is 6.66. The quantitative estimate of drug-likeness (QED) is 0.790. The molecule has 0 N–H and O–H groups in total. The highest BCUT2D eigenvalue weighted by Crippen LogP contribution is 2.31. The van der Waals surface area contributed by atoms with E-state index >= 15 is 0 Å². The number of hydrogen-bond donors (Lipinski definition) is 0. The zero-order valence-electron chi connectivity index (χ0n) is 11.3. The van der Waals surface area contributed by atoms with Gasteiger partial charge in [-0.2, -0.15) is 5.26 Å². The third-order valence-corrected chi connectivity index (χ3v) is 4.38. The molecule has 2 heterocycles. The predicted octanol–water partition coefficient (Wildman–Crippen LogP) is 3.82. The molecule has 21 heavy (non-hydrogen) atoms. The first-order valence-electron chi connectivity index (χ1n) is 6.72. The molecule has 0 radical (unpaired) electrons. The van der Waals surface area contributed by atoms with Crippen molar-refractivity contribution in [2.24, 2.45) is 0 Å². The lowest BCUT2D eigenvalue weighted by atomic mass is 10.0. The van der Waals surface area contributed by atoms with E-state index in [2.05, 4.69) is 22.0 Å². The van der Waals surface area contributed by atoms with Crippen LogP contribution in [0, 0.1) is 11.3 Å². The topological polar surface area (TPSA) is 39.9 Å². The number of halogens is 2. The van der Waals surface area contributed by atoms with Crippen LogP contribution in [-0.4, -0.2) is 16.4 Å². The van der Waals surface area contributed by atoms with Gasteiger partial charge < -0.3 is 0 Å². The van der Waals surface area contributed by atoms with Gasteiger partial charge in [-0.15, -0.1) is 0 Å². The fourth-order valence-electron chi connectivity index (χ4n) is 2.63. The first kappa shape index (κ1) is 14.3. The van der Waals surface area contributed by atoms with Crippen LogP contribution < -0.4 is 0 Å². The number of hydrogen-bond acceptors (Lipinski definition) is 3. The van der Waals surface area contributed by atoms with Crippen molar-refractivity contribution in [2.75, 3.05) is 6.54 Å². The molecule has 106 valence electrons. The van der Waals surface area contributed by atoms with Crippen molar-refractivity contribution < 1.29 is 0 Å². The molecular weight excluding hydrogens is 305 g/mol. The van der Waals surface area contributed by atoms with Crippen molar-refractivity contribution in [3.05, 3.63) is 62.9 Å².